The van der Waals surface area contributed by atoms with Gasteiger partial charge in [0.25, 0.3) is 0 Å². The van der Waals surface area contributed by atoms with Crippen molar-refractivity contribution in [2.24, 2.45) is 0 Å². The maximum atomic E-state index is 4.74. The van der Waals surface area contributed by atoms with Crippen LogP contribution in [0.5, 0.6) is 0 Å². The third-order valence-electron chi connectivity index (χ3n) is 3.38. The summed E-state index contributed by atoms with van der Waals surface area (Å²) in [4.78, 5) is 14.6. The Hall–Kier alpha value is -1.49. The number of thiazole rings is 1. The van der Waals surface area contributed by atoms with Crippen molar-refractivity contribution in [3.8, 4) is 10.7 Å². The number of nitrogens with one attached hydrogen (secondary N) is 1. The van der Waals surface area contributed by atoms with Crippen LogP contribution in [0.3, 0.4) is 0 Å². The molecule has 4 nitrogen and oxygen atoms in total. The molecule has 0 saturated carbocycles. The molecule has 0 amide bonds. The van der Waals surface area contributed by atoms with Crippen LogP contribution in [0.25, 0.3) is 10.7 Å². The maximum absolute atomic E-state index is 4.74. The molecule has 0 unspecified atom stereocenters. The van der Waals surface area contributed by atoms with Crippen LogP contribution >= 0.6 is 11.3 Å². The highest BCUT2D eigenvalue weighted by Crippen LogP contribution is 2.29. The summed E-state index contributed by atoms with van der Waals surface area (Å²) >= 11 is 1.60. The van der Waals surface area contributed by atoms with Gasteiger partial charge in [-0.1, -0.05) is 6.92 Å². The highest BCUT2D eigenvalue weighted by Gasteiger charge is 2.18. The first-order valence-electron chi connectivity index (χ1n) is 6.91. The lowest BCUT2D eigenvalue weighted by atomic mass is 9.96. The van der Waals surface area contributed by atoms with Gasteiger partial charge in [-0.25, -0.2) is 9.97 Å². The summed E-state index contributed by atoms with van der Waals surface area (Å²) in [6.45, 7) is 3.14. The number of anilines is 1. The van der Waals surface area contributed by atoms with Crippen molar-refractivity contribution in [3.05, 3.63) is 23.0 Å². The number of hydrogen-bond donors (Lipinski definition) is 1. The van der Waals surface area contributed by atoms with Crippen LogP contribution in [0.4, 0.5) is 5.82 Å². The molecule has 100 valence electrons. The van der Waals surface area contributed by atoms with Gasteiger partial charge in [0.2, 0.25) is 0 Å². The smallest absolute Gasteiger partial charge is 0.173 e. The molecule has 19 heavy (non-hydrogen) atoms. The average Bonchev–Trinajstić information content (AvgIpc) is 2.98. The first kappa shape index (κ1) is 12.5. The summed E-state index contributed by atoms with van der Waals surface area (Å²) in [5.41, 5.74) is 4.38. The Kier molecular flexibility index (Phi) is 3.73. The van der Waals surface area contributed by atoms with Crippen molar-refractivity contribution in [1.29, 1.82) is 0 Å². The fourth-order valence-electron chi connectivity index (χ4n) is 2.42. The number of aromatic nitrogens is 3. The standard InChI is InChI=1S/C14H18N4S/c1-2-7-16-13-10-5-3-4-6-11(10)17-14(18-13)12-8-15-9-19-12/h8-9H,2-7H2,1H3,(H,16,17,18). The van der Waals surface area contributed by atoms with Crippen LogP contribution in [0, 0.1) is 0 Å². The summed E-state index contributed by atoms with van der Waals surface area (Å²) < 4.78 is 0. The van der Waals surface area contributed by atoms with E-state index in [1.807, 2.05) is 11.7 Å². The lowest BCUT2D eigenvalue weighted by Crippen LogP contribution is -2.13. The van der Waals surface area contributed by atoms with Crippen LogP contribution in [0.1, 0.15) is 37.4 Å². The highest BCUT2D eigenvalue weighted by molar-refractivity contribution is 7.13. The average molecular weight is 274 g/mol. The Morgan fingerprint density at radius 2 is 2.16 bits per heavy atom. The first-order chi connectivity index (χ1) is 9.38. The predicted molar refractivity (Wildman–Crippen MR) is 78.6 cm³/mol. The van der Waals surface area contributed by atoms with Gasteiger partial charge in [-0.15, -0.1) is 11.3 Å². The largest absolute Gasteiger partial charge is 0.370 e. The third-order valence-corrected chi connectivity index (χ3v) is 4.15. The zero-order valence-electron chi connectivity index (χ0n) is 11.1. The van der Waals surface area contributed by atoms with E-state index in [1.54, 1.807) is 11.3 Å². The molecule has 0 aliphatic heterocycles. The molecule has 2 heterocycles. The molecule has 1 aliphatic carbocycles. The molecule has 1 aliphatic rings. The van der Waals surface area contributed by atoms with Crippen LogP contribution in [-0.4, -0.2) is 21.5 Å². The molecule has 2 aromatic heterocycles. The van der Waals surface area contributed by atoms with Crippen molar-refractivity contribution < 1.29 is 0 Å². The number of hydrogen-bond acceptors (Lipinski definition) is 5. The Balaban J connectivity index is 2.02. The van der Waals surface area contributed by atoms with E-state index in [1.165, 1.54) is 24.1 Å². The fraction of sp³-hybridized carbons (Fsp3) is 0.500. The summed E-state index contributed by atoms with van der Waals surface area (Å²) in [5.74, 6) is 1.86. The Morgan fingerprint density at radius 1 is 1.26 bits per heavy atom. The normalized spacial score (nSPS) is 14.2. The van der Waals surface area contributed by atoms with E-state index < -0.39 is 0 Å². The van der Waals surface area contributed by atoms with Gasteiger partial charge >= 0.3 is 0 Å². The van der Waals surface area contributed by atoms with Gasteiger partial charge in [-0.2, -0.15) is 0 Å². The number of fused-ring (bicyclic) bond motifs is 1. The minimum absolute atomic E-state index is 0.821. The molecule has 0 aromatic carbocycles. The van der Waals surface area contributed by atoms with Gasteiger partial charge in [0.1, 0.15) is 5.82 Å². The van der Waals surface area contributed by atoms with E-state index in [0.29, 0.717) is 0 Å². The van der Waals surface area contributed by atoms with Crippen molar-refractivity contribution in [3.63, 3.8) is 0 Å². The SMILES string of the molecule is CCCNc1nc(-c2cncs2)nc2c1CCCC2. The fourth-order valence-corrected chi connectivity index (χ4v) is 2.97. The molecule has 0 spiro atoms. The second kappa shape index (κ2) is 5.65. The topological polar surface area (TPSA) is 50.7 Å². The van der Waals surface area contributed by atoms with Gasteiger partial charge in [0.05, 0.1) is 10.4 Å². The van der Waals surface area contributed by atoms with E-state index in [4.69, 9.17) is 9.97 Å². The van der Waals surface area contributed by atoms with E-state index in [0.717, 1.165) is 42.3 Å². The van der Waals surface area contributed by atoms with Crippen molar-refractivity contribution in [1.82, 2.24) is 15.0 Å². The van der Waals surface area contributed by atoms with Gasteiger partial charge in [0.15, 0.2) is 5.82 Å². The number of rotatable bonds is 4. The van der Waals surface area contributed by atoms with Crippen molar-refractivity contribution in [2.45, 2.75) is 39.0 Å². The van der Waals surface area contributed by atoms with Gasteiger partial charge < -0.3 is 5.32 Å². The monoisotopic (exact) mass is 274 g/mol. The molecule has 1 N–H and O–H groups in total. The van der Waals surface area contributed by atoms with Gasteiger partial charge in [0, 0.05) is 24.0 Å². The summed E-state index contributed by atoms with van der Waals surface area (Å²) in [6.07, 6.45) is 7.61. The van der Waals surface area contributed by atoms with Crippen LogP contribution in [0.15, 0.2) is 11.7 Å². The highest BCUT2D eigenvalue weighted by atomic mass is 32.1. The van der Waals surface area contributed by atoms with E-state index >= 15 is 0 Å². The molecule has 5 heteroatoms. The Labute approximate surface area is 117 Å². The second-order valence-electron chi connectivity index (χ2n) is 4.82. The van der Waals surface area contributed by atoms with Gasteiger partial charge in [-0.05, 0) is 32.1 Å². The van der Waals surface area contributed by atoms with E-state index in [9.17, 15) is 0 Å². The molecular formula is C14H18N4S. The molecule has 2 aromatic rings. The van der Waals surface area contributed by atoms with Crippen molar-refractivity contribution >= 4 is 17.2 Å². The van der Waals surface area contributed by atoms with Crippen LogP contribution in [0.2, 0.25) is 0 Å². The van der Waals surface area contributed by atoms with E-state index in [-0.39, 0.29) is 0 Å². The lowest BCUT2D eigenvalue weighted by Gasteiger charge is -2.19. The summed E-state index contributed by atoms with van der Waals surface area (Å²) in [6, 6.07) is 0. The molecule has 3 rings (SSSR count). The van der Waals surface area contributed by atoms with E-state index in [2.05, 4.69) is 17.2 Å². The van der Waals surface area contributed by atoms with Crippen molar-refractivity contribution in [2.75, 3.05) is 11.9 Å². The predicted octanol–water partition coefficient (Wildman–Crippen LogP) is 3.30. The first-order valence-corrected chi connectivity index (χ1v) is 7.79. The molecule has 0 saturated heterocycles. The maximum Gasteiger partial charge on any atom is 0.173 e. The number of nitrogens with zero attached hydrogens (tertiary/aromatic N) is 3. The Morgan fingerprint density at radius 3 is 2.95 bits per heavy atom. The molecule has 0 atom stereocenters. The molecule has 0 fully saturated rings. The minimum Gasteiger partial charge on any atom is -0.370 e. The second-order valence-corrected chi connectivity index (χ2v) is 5.71. The van der Waals surface area contributed by atoms with Crippen LogP contribution < -0.4 is 5.32 Å². The quantitative estimate of drug-likeness (QED) is 0.929. The molecule has 0 radical (unpaired) electrons. The number of aryl methyl sites for hydroxylation is 1. The minimum atomic E-state index is 0.821. The zero-order chi connectivity index (χ0) is 13.1. The summed E-state index contributed by atoms with van der Waals surface area (Å²) in [5, 5.41) is 3.46. The summed E-state index contributed by atoms with van der Waals surface area (Å²) in [7, 11) is 0. The van der Waals surface area contributed by atoms with Crippen LogP contribution in [-0.2, 0) is 12.8 Å². The molecule has 0 bridgehead atoms. The third kappa shape index (κ3) is 2.61. The van der Waals surface area contributed by atoms with Gasteiger partial charge in [-0.3, -0.25) is 4.98 Å². The Bertz CT molecular complexity index is 551. The zero-order valence-corrected chi connectivity index (χ0v) is 12.0. The lowest BCUT2D eigenvalue weighted by molar-refractivity contribution is 0.664. The molecular weight excluding hydrogens is 256 g/mol.